The Bertz CT molecular complexity index is 731. The Hall–Kier alpha value is -2.76. The molecule has 0 aliphatic carbocycles. The third kappa shape index (κ3) is 3.21. The maximum Gasteiger partial charge on any atom is 0.337 e. The van der Waals surface area contributed by atoms with Crippen molar-refractivity contribution in [2.24, 2.45) is 0 Å². The van der Waals surface area contributed by atoms with Gasteiger partial charge in [0, 0.05) is 6.54 Å². The van der Waals surface area contributed by atoms with E-state index in [1.54, 1.807) is 25.3 Å². The average Bonchev–Trinajstić information content (AvgIpc) is 3.06. The number of anilines is 1. The standard InChI is InChI=1S/C17H18N2O4/c1-21-14-6-4-12(17(20)22-2)9-15(14)23-10-13-5-3-11-7-8-18-16(11)19-13/h3-6,9H,7-8,10H2,1-2H3,(H,18,19). The van der Waals surface area contributed by atoms with Gasteiger partial charge in [-0.1, -0.05) is 6.07 Å². The number of carbonyl (C=O) groups is 1. The van der Waals surface area contributed by atoms with Crippen molar-refractivity contribution in [3.05, 3.63) is 47.2 Å². The zero-order valence-electron chi connectivity index (χ0n) is 13.1. The molecule has 1 N–H and O–H groups in total. The number of carbonyl (C=O) groups excluding carboxylic acids is 1. The minimum atomic E-state index is -0.419. The summed E-state index contributed by atoms with van der Waals surface area (Å²) in [5.74, 6) is 1.53. The van der Waals surface area contributed by atoms with Crippen LogP contribution in [0.25, 0.3) is 0 Å². The number of nitrogens with one attached hydrogen (secondary N) is 1. The Morgan fingerprint density at radius 1 is 1.22 bits per heavy atom. The monoisotopic (exact) mass is 314 g/mol. The van der Waals surface area contributed by atoms with E-state index in [2.05, 4.69) is 16.4 Å². The van der Waals surface area contributed by atoms with Crippen LogP contribution >= 0.6 is 0 Å². The second-order valence-corrected chi connectivity index (χ2v) is 5.13. The summed E-state index contributed by atoms with van der Waals surface area (Å²) in [5.41, 5.74) is 2.44. The highest BCUT2D eigenvalue weighted by Crippen LogP contribution is 2.29. The van der Waals surface area contributed by atoms with E-state index < -0.39 is 5.97 Å². The number of hydrogen-bond donors (Lipinski definition) is 1. The summed E-state index contributed by atoms with van der Waals surface area (Å²) in [6, 6.07) is 8.93. The molecule has 23 heavy (non-hydrogen) atoms. The first kappa shape index (κ1) is 15.1. The Morgan fingerprint density at radius 3 is 2.87 bits per heavy atom. The number of hydrogen-bond acceptors (Lipinski definition) is 6. The summed E-state index contributed by atoms with van der Waals surface area (Å²) in [4.78, 5) is 16.2. The molecule has 3 rings (SSSR count). The number of ether oxygens (including phenoxy) is 3. The van der Waals surface area contributed by atoms with E-state index in [-0.39, 0.29) is 6.61 Å². The summed E-state index contributed by atoms with van der Waals surface area (Å²) in [6.07, 6.45) is 0.998. The van der Waals surface area contributed by atoms with Gasteiger partial charge in [0.05, 0.1) is 25.5 Å². The Morgan fingerprint density at radius 2 is 2.09 bits per heavy atom. The maximum atomic E-state index is 11.6. The van der Waals surface area contributed by atoms with Crippen molar-refractivity contribution < 1.29 is 19.0 Å². The molecule has 120 valence electrons. The number of benzene rings is 1. The number of nitrogens with zero attached hydrogens (tertiary/aromatic N) is 1. The largest absolute Gasteiger partial charge is 0.493 e. The molecule has 0 amide bonds. The number of pyridine rings is 1. The molecule has 0 atom stereocenters. The lowest BCUT2D eigenvalue weighted by atomic mass is 10.2. The first-order valence-corrected chi connectivity index (χ1v) is 7.33. The van der Waals surface area contributed by atoms with Gasteiger partial charge in [0.1, 0.15) is 12.4 Å². The molecule has 6 heteroatoms. The fraction of sp³-hybridized carbons (Fsp3) is 0.294. The molecule has 0 fully saturated rings. The summed E-state index contributed by atoms with van der Waals surface area (Å²) in [7, 11) is 2.89. The topological polar surface area (TPSA) is 69.7 Å². The van der Waals surface area contributed by atoms with Gasteiger partial charge in [-0.25, -0.2) is 9.78 Å². The van der Waals surface area contributed by atoms with Gasteiger partial charge in [-0.15, -0.1) is 0 Å². The molecule has 1 aromatic heterocycles. The van der Waals surface area contributed by atoms with E-state index in [0.717, 1.165) is 24.5 Å². The predicted octanol–water partition coefficient (Wildman–Crippen LogP) is 2.42. The average molecular weight is 314 g/mol. The van der Waals surface area contributed by atoms with E-state index >= 15 is 0 Å². The van der Waals surface area contributed by atoms with Gasteiger partial charge < -0.3 is 19.5 Å². The molecule has 1 aliphatic rings. The highest BCUT2D eigenvalue weighted by Gasteiger charge is 2.14. The van der Waals surface area contributed by atoms with E-state index in [4.69, 9.17) is 14.2 Å². The van der Waals surface area contributed by atoms with Gasteiger partial charge >= 0.3 is 5.97 Å². The lowest BCUT2D eigenvalue weighted by molar-refractivity contribution is 0.0600. The second-order valence-electron chi connectivity index (χ2n) is 5.13. The van der Waals surface area contributed by atoms with Crippen LogP contribution in [0.2, 0.25) is 0 Å². The molecule has 1 aromatic carbocycles. The molecule has 2 heterocycles. The van der Waals surface area contributed by atoms with E-state index in [9.17, 15) is 4.79 Å². The molecular formula is C17H18N2O4. The number of aromatic nitrogens is 1. The van der Waals surface area contributed by atoms with Gasteiger partial charge in [-0.2, -0.15) is 0 Å². The zero-order chi connectivity index (χ0) is 16.2. The summed E-state index contributed by atoms with van der Waals surface area (Å²) >= 11 is 0. The molecule has 0 saturated heterocycles. The van der Waals surface area contributed by atoms with Crippen LogP contribution in [0.3, 0.4) is 0 Å². The van der Waals surface area contributed by atoms with Crippen molar-refractivity contribution in [2.75, 3.05) is 26.1 Å². The van der Waals surface area contributed by atoms with Gasteiger partial charge in [-0.05, 0) is 36.2 Å². The SMILES string of the molecule is COC(=O)c1ccc(OC)c(OCc2ccc3c(n2)NCC3)c1. The maximum absolute atomic E-state index is 11.6. The fourth-order valence-electron chi connectivity index (χ4n) is 2.47. The quantitative estimate of drug-likeness (QED) is 0.855. The van der Waals surface area contributed by atoms with Gasteiger partial charge in [0.2, 0.25) is 0 Å². The summed E-state index contributed by atoms with van der Waals surface area (Å²) < 4.78 is 15.8. The van der Waals surface area contributed by atoms with Crippen LogP contribution in [-0.2, 0) is 17.8 Å². The first-order chi connectivity index (χ1) is 11.2. The van der Waals surface area contributed by atoms with Crippen molar-refractivity contribution in [3.63, 3.8) is 0 Å². The van der Waals surface area contributed by atoms with Crippen LogP contribution in [0.4, 0.5) is 5.82 Å². The van der Waals surface area contributed by atoms with Crippen molar-refractivity contribution in [1.29, 1.82) is 0 Å². The van der Waals surface area contributed by atoms with Crippen LogP contribution in [0.5, 0.6) is 11.5 Å². The van der Waals surface area contributed by atoms with E-state index in [1.165, 1.54) is 12.7 Å². The van der Waals surface area contributed by atoms with Crippen molar-refractivity contribution in [3.8, 4) is 11.5 Å². The zero-order valence-corrected chi connectivity index (χ0v) is 13.1. The Labute approximate surface area is 134 Å². The van der Waals surface area contributed by atoms with Crippen LogP contribution in [0.1, 0.15) is 21.6 Å². The normalized spacial score (nSPS) is 12.3. The van der Waals surface area contributed by atoms with Crippen LogP contribution in [0.15, 0.2) is 30.3 Å². The van der Waals surface area contributed by atoms with Crippen LogP contribution in [0, 0.1) is 0 Å². The molecule has 0 bridgehead atoms. The van der Waals surface area contributed by atoms with Crippen molar-refractivity contribution in [1.82, 2.24) is 4.98 Å². The summed E-state index contributed by atoms with van der Waals surface area (Å²) in [5, 5.41) is 3.24. The minimum Gasteiger partial charge on any atom is -0.493 e. The molecule has 6 nitrogen and oxygen atoms in total. The number of methoxy groups -OCH3 is 2. The number of esters is 1. The third-order valence-electron chi connectivity index (χ3n) is 3.68. The molecule has 0 spiro atoms. The summed E-state index contributed by atoms with van der Waals surface area (Å²) in [6.45, 7) is 1.21. The van der Waals surface area contributed by atoms with Gasteiger partial charge in [0.25, 0.3) is 0 Å². The van der Waals surface area contributed by atoms with E-state index in [0.29, 0.717) is 17.1 Å². The second kappa shape index (κ2) is 6.56. The number of rotatable bonds is 5. The van der Waals surface area contributed by atoms with Gasteiger partial charge in [-0.3, -0.25) is 0 Å². The molecule has 0 radical (unpaired) electrons. The third-order valence-corrected chi connectivity index (χ3v) is 3.68. The predicted molar refractivity (Wildman–Crippen MR) is 85.1 cm³/mol. The van der Waals surface area contributed by atoms with Gasteiger partial charge in [0.15, 0.2) is 11.5 Å². The molecular weight excluding hydrogens is 296 g/mol. The molecule has 2 aromatic rings. The van der Waals surface area contributed by atoms with Crippen molar-refractivity contribution in [2.45, 2.75) is 13.0 Å². The lowest BCUT2D eigenvalue weighted by Crippen LogP contribution is -2.05. The van der Waals surface area contributed by atoms with Crippen molar-refractivity contribution >= 4 is 11.8 Å². The highest BCUT2D eigenvalue weighted by molar-refractivity contribution is 5.90. The van der Waals surface area contributed by atoms with Crippen LogP contribution in [-0.4, -0.2) is 31.7 Å². The molecule has 0 saturated carbocycles. The molecule has 0 unspecified atom stereocenters. The first-order valence-electron chi connectivity index (χ1n) is 7.33. The Kier molecular flexibility index (Phi) is 4.32. The van der Waals surface area contributed by atoms with Crippen LogP contribution < -0.4 is 14.8 Å². The fourth-order valence-corrected chi connectivity index (χ4v) is 2.47. The minimum absolute atomic E-state index is 0.288. The van der Waals surface area contributed by atoms with E-state index in [1.807, 2.05) is 6.07 Å². The smallest absolute Gasteiger partial charge is 0.337 e. The lowest BCUT2D eigenvalue weighted by Gasteiger charge is -2.12. The number of fused-ring (bicyclic) bond motifs is 1. The Balaban J connectivity index is 1.77. The molecule has 1 aliphatic heterocycles. The highest BCUT2D eigenvalue weighted by atomic mass is 16.5.